The second-order valence-corrected chi connectivity index (χ2v) is 6.95. The Hall–Kier alpha value is -3.12. The molecule has 1 aliphatic heterocycles. The van der Waals surface area contributed by atoms with E-state index in [2.05, 4.69) is 39.2 Å². The SMILES string of the molecule is COc1c(CN2CC(c3nc4ccccc4[nH]3)C2)cccc1-n1cccn1. The van der Waals surface area contributed by atoms with Gasteiger partial charge >= 0.3 is 0 Å². The monoisotopic (exact) mass is 359 g/mol. The van der Waals surface area contributed by atoms with Crippen LogP contribution in [-0.2, 0) is 6.54 Å². The smallest absolute Gasteiger partial charge is 0.149 e. The van der Waals surface area contributed by atoms with Crippen LogP contribution >= 0.6 is 0 Å². The summed E-state index contributed by atoms with van der Waals surface area (Å²) >= 11 is 0. The van der Waals surface area contributed by atoms with Crippen LogP contribution < -0.4 is 4.74 Å². The lowest BCUT2D eigenvalue weighted by atomic mass is 9.98. The van der Waals surface area contributed by atoms with Crippen molar-refractivity contribution in [2.75, 3.05) is 20.2 Å². The van der Waals surface area contributed by atoms with Gasteiger partial charge in [0.2, 0.25) is 0 Å². The zero-order chi connectivity index (χ0) is 18.2. The van der Waals surface area contributed by atoms with E-state index < -0.39 is 0 Å². The molecule has 0 bridgehead atoms. The summed E-state index contributed by atoms with van der Waals surface area (Å²) in [6, 6.07) is 16.3. The number of H-pyrrole nitrogens is 1. The Morgan fingerprint density at radius 3 is 2.78 bits per heavy atom. The Morgan fingerprint density at radius 1 is 1.11 bits per heavy atom. The molecule has 0 amide bonds. The third-order valence-electron chi connectivity index (χ3n) is 5.18. The van der Waals surface area contributed by atoms with Gasteiger partial charge in [-0.1, -0.05) is 24.3 Å². The number of para-hydroxylation sites is 3. The van der Waals surface area contributed by atoms with Gasteiger partial charge < -0.3 is 9.72 Å². The number of fused-ring (bicyclic) bond motifs is 1. The predicted octanol–water partition coefficient (Wildman–Crippen LogP) is 3.36. The summed E-state index contributed by atoms with van der Waals surface area (Å²) < 4.78 is 7.56. The van der Waals surface area contributed by atoms with E-state index in [1.54, 1.807) is 13.3 Å². The van der Waals surface area contributed by atoms with Crippen molar-refractivity contribution < 1.29 is 4.74 Å². The van der Waals surface area contributed by atoms with Gasteiger partial charge in [-0.25, -0.2) is 9.67 Å². The molecule has 1 saturated heterocycles. The first kappa shape index (κ1) is 16.1. The van der Waals surface area contributed by atoms with Crippen molar-refractivity contribution in [1.29, 1.82) is 0 Å². The molecular weight excluding hydrogens is 338 g/mol. The van der Waals surface area contributed by atoms with Crippen molar-refractivity contribution >= 4 is 11.0 Å². The zero-order valence-electron chi connectivity index (χ0n) is 15.2. The van der Waals surface area contributed by atoms with Gasteiger partial charge in [0.1, 0.15) is 17.3 Å². The van der Waals surface area contributed by atoms with E-state index in [0.717, 1.165) is 47.9 Å². The third kappa shape index (κ3) is 2.88. The number of hydrogen-bond acceptors (Lipinski definition) is 4. The Kier molecular flexibility index (Phi) is 3.90. The number of hydrogen-bond donors (Lipinski definition) is 1. The number of methoxy groups -OCH3 is 1. The van der Waals surface area contributed by atoms with Crippen LogP contribution in [0.3, 0.4) is 0 Å². The molecule has 3 heterocycles. The van der Waals surface area contributed by atoms with E-state index in [1.165, 1.54) is 5.56 Å². The van der Waals surface area contributed by atoms with Crippen LogP contribution in [0, 0.1) is 0 Å². The van der Waals surface area contributed by atoms with Gasteiger partial charge in [0, 0.05) is 43.5 Å². The first-order valence-electron chi connectivity index (χ1n) is 9.15. The second kappa shape index (κ2) is 6.55. The summed E-state index contributed by atoms with van der Waals surface area (Å²) in [5.41, 5.74) is 4.29. The highest BCUT2D eigenvalue weighted by atomic mass is 16.5. The molecule has 5 rings (SSSR count). The minimum atomic E-state index is 0.456. The number of likely N-dealkylation sites (tertiary alicyclic amines) is 1. The number of aromatic amines is 1. The summed E-state index contributed by atoms with van der Waals surface area (Å²) in [5, 5.41) is 4.33. The lowest BCUT2D eigenvalue weighted by molar-refractivity contribution is 0.134. The Bertz CT molecular complexity index is 1030. The van der Waals surface area contributed by atoms with Gasteiger partial charge in [-0.2, -0.15) is 5.10 Å². The number of benzene rings is 2. The molecule has 1 fully saturated rings. The Labute approximate surface area is 157 Å². The van der Waals surface area contributed by atoms with Crippen LogP contribution in [0.15, 0.2) is 60.9 Å². The maximum Gasteiger partial charge on any atom is 0.149 e. The topological polar surface area (TPSA) is 59.0 Å². The zero-order valence-corrected chi connectivity index (χ0v) is 15.2. The van der Waals surface area contributed by atoms with Gasteiger partial charge in [0.25, 0.3) is 0 Å². The van der Waals surface area contributed by atoms with Crippen LogP contribution in [0.5, 0.6) is 5.75 Å². The summed E-state index contributed by atoms with van der Waals surface area (Å²) in [4.78, 5) is 10.6. The van der Waals surface area contributed by atoms with Crippen molar-refractivity contribution in [3.8, 4) is 11.4 Å². The molecule has 0 radical (unpaired) electrons. The molecule has 6 nitrogen and oxygen atoms in total. The van der Waals surface area contributed by atoms with E-state index >= 15 is 0 Å². The molecule has 0 atom stereocenters. The number of rotatable bonds is 5. The molecule has 0 aliphatic carbocycles. The number of nitrogens with zero attached hydrogens (tertiary/aromatic N) is 4. The fraction of sp³-hybridized carbons (Fsp3) is 0.238. The summed E-state index contributed by atoms with van der Waals surface area (Å²) in [6.45, 7) is 2.85. The number of aromatic nitrogens is 4. The van der Waals surface area contributed by atoms with Gasteiger partial charge in [-0.3, -0.25) is 4.90 Å². The van der Waals surface area contributed by atoms with Crippen molar-refractivity contribution in [3.63, 3.8) is 0 Å². The van der Waals surface area contributed by atoms with E-state index in [4.69, 9.17) is 9.72 Å². The van der Waals surface area contributed by atoms with Crippen LogP contribution in [0.25, 0.3) is 16.7 Å². The van der Waals surface area contributed by atoms with Crippen molar-refractivity contribution in [3.05, 3.63) is 72.3 Å². The van der Waals surface area contributed by atoms with E-state index in [0.29, 0.717) is 5.92 Å². The third-order valence-corrected chi connectivity index (χ3v) is 5.18. The largest absolute Gasteiger partial charge is 0.494 e. The standard InChI is InChI=1S/C21H21N5O/c1-27-20-15(6-4-9-19(20)26-11-5-10-22-26)12-25-13-16(14-25)21-23-17-7-2-3-8-18(17)24-21/h2-11,16H,12-14H2,1H3,(H,23,24). The van der Waals surface area contributed by atoms with E-state index in [-0.39, 0.29) is 0 Å². The average Bonchev–Trinajstić information content (AvgIpc) is 3.33. The molecule has 2 aromatic heterocycles. The highest BCUT2D eigenvalue weighted by Gasteiger charge is 2.31. The van der Waals surface area contributed by atoms with Gasteiger partial charge in [-0.05, 0) is 24.3 Å². The quantitative estimate of drug-likeness (QED) is 0.594. The molecular formula is C21H21N5O. The minimum absolute atomic E-state index is 0.456. The van der Waals surface area contributed by atoms with Crippen molar-refractivity contribution in [2.24, 2.45) is 0 Å². The molecule has 136 valence electrons. The highest BCUT2D eigenvalue weighted by molar-refractivity contribution is 5.74. The summed E-state index contributed by atoms with van der Waals surface area (Å²) in [7, 11) is 1.72. The summed E-state index contributed by atoms with van der Waals surface area (Å²) in [5.74, 6) is 2.43. The fourth-order valence-electron chi connectivity index (χ4n) is 3.80. The van der Waals surface area contributed by atoms with E-state index in [1.807, 2.05) is 35.1 Å². The molecule has 1 N–H and O–H groups in total. The summed E-state index contributed by atoms with van der Waals surface area (Å²) in [6.07, 6.45) is 3.71. The number of ether oxygens (including phenoxy) is 1. The molecule has 0 spiro atoms. The van der Waals surface area contributed by atoms with Crippen LogP contribution in [0.2, 0.25) is 0 Å². The van der Waals surface area contributed by atoms with Crippen molar-refractivity contribution in [1.82, 2.24) is 24.6 Å². The maximum atomic E-state index is 5.72. The second-order valence-electron chi connectivity index (χ2n) is 6.95. The van der Waals surface area contributed by atoms with Gasteiger partial charge in [-0.15, -0.1) is 0 Å². The lowest BCUT2D eigenvalue weighted by Crippen LogP contribution is -2.44. The Balaban J connectivity index is 1.32. The molecule has 6 heteroatoms. The maximum absolute atomic E-state index is 5.72. The number of imidazole rings is 1. The molecule has 0 unspecified atom stereocenters. The molecule has 0 saturated carbocycles. The first-order valence-corrected chi connectivity index (χ1v) is 9.15. The Morgan fingerprint density at radius 2 is 2.00 bits per heavy atom. The predicted molar refractivity (Wildman–Crippen MR) is 104 cm³/mol. The van der Waals surface area contributed by atoms with Gasteiger partial charge in [0.05, 0.1) is 18.1 Å². The van der Waals surface area contributed by atoms with Crippen LogP contribution in [-0.4, -0.2) is 44.8 Å². The molecule has 1 aliphatic rings. The molecule has 2 aromatic carbocycles. The average molecular weight is 359 g/mol. The first-order chi connectivity index (χ1) is 13.3. The lowest BCUT2D eigenvalue weighted by Gasteiger charge is -2.38. The van der Waals surface area contributed by atoms with Gasteiger partial charge in [0.15, 0.2) is 0 Å². The highest BCUT2D eigenvalue weighted by Crippen LogP contribution is 2.32. The number of nitrogens with one attached hydrogen (secondary N) is 1. The van der Waals surface area contributed by atoms with E-state index in [9.17, 15) is 0 Å². The van der Waals surface area contributed by atoms with Crippen molar-refractivity contribution in [2.45, 2.75) is 12.5 Å². The minimum Gasteiger partial charge on any atom is -0.494 e. The normalized spacial score (nSPS) is 15.1. The van der Waals surface area contributed by atoms with Crippen LogP contribution in [0.4, 0.5) is 0 Å². The molecule has 27 heavy (non-hydrogen) atoms. The van der Waals surface area contributed by atoms with Crippen LogP contribution in [0.1, 0.15) is 17.3 Å². The fourth-order valence-corrected chi connectivity index (χ4v) is 3.80. The molecule has 4 aromatic rings.